The smallest absolute Gasteiger partial charge is 0.227 e. The van der Waals surface area contributed by atoms with E-state index in [2.05, 4.69) is 15.3 Å². The molecule has 1 fully saturated rings. The van der Waals surface area contributed by atoms with Crippen molar-refractivity contribution >= 4 is 22.6 Å². The zero-order valence-corrected chi connectivity index (χ0v) is 11.5. The summed E-state index contributed by atoms with van der Waals surface area (Å²) in [7, 11) is 0. The molecule has 2 aromatic carbocycles. The van der Waals surface area contributed by atoms with E-state index in [1.807, 2.05) is 48.5 Å². The van der Waals surface area contributed by atoms with Crippen molar-refractivity contribution in [1.82, 2.24) is 9.97 Å². The molecule has 21 heavy (non-hydrogen) atoms. The van der Waals surface area contributed by atoms with E-state index in [0.29, 0.717) is 0 Å². The normalized spacial score (nSPS) is 14.3. The van der Waals surface area contributed by atoms with E-state index >= 15 is 0 Å². The maximum atomic E-state index is 11.7. The fourth-order valence-electron chi connectivity index (χ4n) is 2.39. The van der Waals surface area contributed by atoms with Crippen molar-refractivity contribution in [3.8, 4) is 11.4 Å². The average molecular weight is 277 g/mol. The summed E-state index contributed by atoms with van der Waals surface area (Å²) in [5.41, 5.74) is 3.83. The number of hydrogen-bond acceptors (Lipinski definition) is 2. The van der Waals surface area contributed by atoms with Crippen molar-refractivity contribution in [2.24, 2.45) is 5.92 Å². The Bertz CT molecular complexity index is 767. The third kappa shape index (κ3) is 2.40. The van der Waals surface area contributed by atoms with Crippen LogP contribution < -0.4 is 5.32 Å². The van der Waals surface area contributed by atoms with Gasteiger partial charge in [-0.15, -0.1) is 0 Å². The molecular weight excluding hydrogens is 262 g/mol. The van der Waals surface area contributed by atoms with Crippen LogP contribution >= 0.6 is 0 Å². The maximum Gasteiger partial charge on any atom is 0.227 e. The van der Waals surface area contributed by atoms with Crippen LogP contribution in [0.15, 0.2) is 48.5 Å². The lowest BCUT2D eigenvalue weighted by Gasteiger charge is -2.04. The molecule has 0 atom stereocenters. The van der Waals surface area contributed by atoms with Gasteiger partial charge >= 0.3 is 0 Å². The molecule has 0 saturated heterocycles. The molecule has 1 aliphatic carbocycles. The summed E-state index contributed by atoms with van der Waals surface area (Å²) in [6, 6.07) is 15.7. The van der Waals surface area contributed by atoms with Crippen molar-refractivity contribution in [3.05, 3.63) is 48.5 Å². The van der Waals surface area contributed by atoms with Crippen molar-refractivity contribution in [3.63, 3.8) is 0 Å². The van der Waals surface area contributed by atoms with Gasteiger partial charge in [0.2, 0.25) is 5.91 Å². The molecule has 4 nitrogen and oxygen atoms in total. The van der Waals surface area contributed by atoms with E-state index in [0.717, 1.165) is 41.0 Å². The second-order valence-corrected chi connectivity index (χ2v) is 5.44. The second kappa shape index (κ2) is 4.74. The van der Waals surface area contributed by atoms with E-state index in [-0.39, 0.29) is 11.8 Å². The number of aromatic amines is 1. The molecule has 104 valence electrons. The van der Waals surface area contributed by atoms with Gasteiger partial charge in [-0.05, 0) is 49.2 Å². The number of fused-ring (bicyclic) bond motifs is 1. The number of anilines is 1. The van der Waals surface area contributed by atoms with E-state index < -0.39 is 0 Å². The first kappa shape index (κ1) is 12.1. The van der Waals surface area contributed by atoms with E-state index in [1.165, 1.54) is 0 Å². The van der Waals surface area contributed by atoms with Crippen LogP contribution in [0.3, 0.4) is 0 Å². The number of imidazole rings is 1. The third-order valence-corrected chi connectivity index (χ3v) is 3.76. The van der Waals surface area contributed by atoms with Gasteiger partial charge < -0.3 is 10.3 Å². The van der Waals surface area contributed by atoms with Crippen LogP contribution in [0.2, 0.25) is 0 Å². The fourth-order valence-corrected chi connectivity index (χ4v) is 2.39. The molecule has 4 rings (SSSR count). The number of hydrogen-bond donors (Lipinski definition) is 2. The zero-order valence-electron chi connectivity index (χ0n) is 11.5. The minimum absolute atomic E-state index is 0.131. The molecule has 1 heterocycles. The number of nitrogens with zero attached hydrogens (tertiary/aromatic N) is 1. The number of rotatable bonds is 3. The van der Waals surface area contributed by atoms with E-state index in [1.54, 1.807) is 0 Å². The van der Waals surface area contributed by atoms with Gasteiger partial charge in [0.25, 0.3) is 0 Å². The lowest BCUT2D eigenvalue weighted by atomic mass is 10.2. The van der Waals surface area contributed by atoms with Gasteiger partial charge in [-0.2, -0.15) is 0 Å². The van der Waals surface area contributed by atoms with Crippen molar-refractivity contribution in [2.45, 2.75) is 12.8 Å². The fraction of sp³-hybridized carbons (Fsp3) is 0.176. The molecule has 0 aliphatic heterocycles. The number of nitrogens with one attached hydrogen (secondary N) is 2. The summed E-state index contributed by atoms with van der Waals surface area (Å²) in [4.78, 5) is 19.6. The first-order valence-electron chi connectivity index (χ1n) is 7.16. The molecule has 3 aromatic rings. The maximum absolute atomic E-state index is 11.7. The van der Waals surface area contributed by atoms with Crippen LogP contribution in [-0.2, 0) is 4.79 Å². The highest BCUT2D eigenvalue weighted by Gasteiger charge is 2.29. The van der Waals surface area contributed by atoms with Gasteiger partial charge in [-0.1, -0.05) is 12.1 Å². The molecular formula is C17H15N3O. The highest BCUT2D eigenvalue weighted by Crippen LogP contribution is 2.30. The lowest BCUT2D eigenvalue weighted by molar-refractivity contribution is -0.117. The van der Waals surface area contributed by atoms with Gasteiger partial charge in [0.05, 0.1) is 11.0 Å². The van der Waals surface area contributed by atoms with Gasteiger partial charge in [0.1, 0.15) is 5.82 Å². The Hall–Kier alpha value is -2.62. The van der Waals surface area contributed by atoms with Crippen LogP contribution in [0, 0.1) is 5.92 Å². The minimum atomic E-state index is 0.131. The van der Waals surface area contributed by atoms with Crippen molar-refractivity contribution in [1.29, 1.82) is 0 Å². The Balaban J connectivity index is 1.58. The van der Waals surface area contributed by atoms with Gasteiger partial charge in [0.15, 0.2) is 0 Å². The first-order valence-corrected chi connectivity index (χ1v) is 7.16. The van der Waals surface area contributed by atoms with E-state index in [9.17, 15) is 4.79 Å². The molecule has 1 amide bonds. The summed E-state index contributed by atoms with van der Waals surface area (Å²) in [5, 5.41) is 2.94. The Morgan fingerprint density at radius 1 is 1.10 bits per heavy atom. The Labute approximate surface area is 122 Å². The summed E-state index contributed by atoms with van der Waals surface area (Å²) >= 11 is 0. The molecule has 0 radical (unpaired) electrons. The summed E-state index contributed by atoms with van der Waals surface area (Å²) in [6.45, 7) is 0. The number of benzene rings is 2. The minimum Gasteiger partial charge on any atom is -0.338 e. The van der Waals surface area contributed by atoms with Crippen LogP contribution in [-0.4, -0.2) is 15.9 Å². The number of amides is 1. The lowest BCUT2D eigenvalue weighted by Crippen LogP contribution is -2.12. The molecule has 0 spiro atoms. The Morgan fingerprint density at radius 3 is 2.57 bits per heavy atom. The Kier molecular flexibility index (Phi) is 2.74. The van der Waals surface area contributed by atoms with Crippen molar-refractivity contribution in [2.75, 3.05) is 5.32 Å². The number of carbonyl (C=O) groups is 1. The molecule has 0 unspecified atom stereocenters. The average Bonchev–Trinajstić information content (AvgIpc) is 3.27. The van der Waals surface area contributed by atoms with E-state index in [4.69, 9.17) is 0 Å². The van der Waals surface area contributed by atoms with Gasteiger partial charge in [0, 0.05) is 17.2 Å². The number of para-hydroxylation sites is 2. The quantitative estimate of drug-likeness (QED) is 0.768. The standard InChI is InChI=1S/C17H15N3O/c21-17(12-5-6-12)18-13-9-7-11(8-10-13)16-19-14-3-1-2-4-15(14)20-16/h1-4,7-10,12H,5-6H2,(H,18,21)(H,19,20). The second-order valence-electron chi connectivity index (χ2n) is 5.44. The van der Waals surface area contributed by atoms with Crippen molar-refractivity contribution < 1.29 is 4.79 Å². The van der Waals surface area contributed by atoms with Crippen LogP contribution in [0.25, 0.3) is 22.4 Å². The van der Waals surface area contributed by atoms with Gasteiger partial charge in [-0.3, -0.25) is 4.79 Å². The molecule has 2 N–H and O–H groups in total. The first-order chi connectivity index (χ1) is 10.3. The molecule has 4 heteroatoms. The molecule has 1 aromatic heterocycles. The van der Waals surface area contributed by atoms with Crippen LogP contribution in [0.4, 0.5) is 5.69 Å². The highest BCUT2D eigenvalue weighted by molar-refractivity contribution is 5.94. The zero-order chi connectivity index (χ0) is 14.2. The largest absolute Gasteiger partial charge is 0.338 e. The van der Waals surface area contributed by atoms with Gasteiger partial charge in [-0.25, -0.2) is 4.98 Å². The summed E-state index contributed by atoms with van der Waals surface area (Å²) < 4.78 is 0. The molecule has 1 aliphatic rings. The number of H-pyrrole nitrogens is 1. The predicted molar refractivity (Wildman–Crippen MR) is 82.9 cm³/mol. The highest BCUT2D eigenvalue weighted by atomic mass is 16.2. The monoisotopic (exact) mass is 277 g/mol. The summed E-state index contributed by atoms with van der Waals surface area (Å²) in [5.74, 6) is 1.20. The summed E-state index contributed by atoms with van der Waals surface area (Å²) in [6.07, 6.45) is 2.03. The predicted octanol–water partition coefficient (Wildman–Crippen LogP) is 3.58. The third-order valence-electron chi connectivity index (χ3n) is 3.76. The number of carbonyl (C=O) groups excluding carboxylic acids is 1. The topological polar surface area (TPSA) is 57.8 Å². The Morgan fingerprint density at radius 2 is 1.86 bits per heavy atom. The van der Waals surface area contributed by atoms with Crippen LogP contribution in [0.5, 0.6) is 0 Å². The SMILES string of the molecule is O=C(Nc1ccc(-c2nc3ccccc3[nH]2)cc1)C1CC1. The molecule has 0 bridgehead atoms. The molecule has 1 saturated carbocycles. The number of aromatic nitrogens is 2. The van der Waals surface area contributed by atoms with Crippen LogP contribution in [0.1, 0.15) is 12.8 Å².